The van der Waals surface area contributed by atoms with Gasteiger partial charge in [-0.05, 0) is 63.6 Å². The predicted molar refractivity (Wildman–Crippen MR) is 158 cm³/mol. The van der Waals surface area contributed by atoms with Crippen LogP contribution in [0.25, 0.3) is 16.9 Å². The Morgan fingerprint density at radius 3 is 2.51 bits per heavy atom. The molecule has 0 bridgehead atoms. The lowest BCUT2D eigenvalue weighted by atomic mass is 9.99. The van der Waals surface area contributed by atoms with Crippen molar-refractivity contribution in [1.29, 1.82) is 0 Å². The first-order valence-electron chi connectivity index (χ1n) is 14.1. The molecule has 3 atom stereocenters. The largest absolute Gasteiger partial charge is 0.464 e. The topological polar surface area (TPSA) is 106 Å². The third-order valence-electron chi connectivity index (χ3n) is 7.71. The van der Waals surface area contributed by atoms with Crippen LogP contribution in [0.1, 0.15) is 36.9 Å². The average molecular weight is 592 g/mol. The van der Waals surface area contributed by atoms with Gasteiger partial charge in [0.2, 0.25) is 0 Å². The van der Waals surface area contributed by atoms with Gasteiger partial charge in [0, 0.05) is 43.3 Å². The number of ether oxygens (including phenoxy) is 2. The van der Waals surface area contributed by atoms with Crippen LogP contribution in [-0.2, 0) is 4.74 Å². The number of methoxy groups -OCH3 is 1. The monoisotopic (exact) mass is 591 g/mol. The highest BCUT2D eigenvalue weighted by Crippen LogP contribution is 2.37. The van der Waals surface area contributed by atoms with Crippen LogP contribution < -0.4 is 15.4 Å². The minimum atomic E-state index is -0.928. The van der Waals surface area contributed by atoms with Gasteiger partial charge in [-0.25, -0.2) is 28.2 Å². The van der Waals surface area contributed by atoms with Crippen LogP contribution >= 0.6 is 0 Å². The average Bonchev–Trinajstić information content (AvgIpc) is 3.49. The summed E-state index contributed by atoms with van der Waals surface area (Å²) >= 11 is 0. The molecular formula is C31H35F2N7O3. The fraction of sp³-hybridized carbons (Fsp3) is 0.355. The summed E-state index contributed by atoms with van der Waals surface area (Å²) in [6.07, 6.45) is 4.59. The number of hydrogen-bond acceptors (Lipinski definition) is 7. The molecule has 3 heterocycles. The molecule has 4 aromatic rings. The van der Waals surface area contributed by atoms with Crippen molar-refractivity contribution in [2.45, 2.75) is 44.8 Å². The van der Waals surface area contributed by atoms with Crippen molar-refractivity contribution >= 4 is 11.8 Å². The Bertz CT molecular complexity index is 1550. The van der Waals surface area contributed by atoms with Gasteiger partial charge in [-0.2, -0.15) is 5.10 Å². The summed E-state index contributed by atoms with van der Waals surface area (Å²) in [6, 6.07) is 12.4. The maximum atomic E-state index is 14.3. The summed E-state index contributed by atoms with van der Waals surface area (Å²) in [6.45, 7) is 4.70. The molecule has 2 aromatic carbocycles. The van der Waals surface area contributed by atoms with Gasteiger partial charge in [0.1, 0.15) is 11.5 Å². The zero-order valence-electron chi connectivity index (χ0n) is 24.6. The number of carbonyl (C=O) groups excluding carboxylic acids is 1. The van der Waals surface area contributed by atoms with Crippen molar-refractivity contribution in [3.05, 3.63) is 83.7 Å². The summed E-state index contributed by atoms with van der Waals surface area (Å²) in [4.78, 5) is 24.2. The summed E-state index contributed by atoms with van der Waals surface area (Å²) < 4.78 is 40.3. The van der Waals surface area contributed by atoms with Crippen LogP contribution in [0.3, 0.4) is 0 Å². The molecule has 2 N–H and O–H groups in total. The summed E-state index contributed by atoms with van der Waals surface area (Å²) in [5, 5.41) is 10.9. The summed E-state index contributed by atoms with van der Waals surface area (Å²) in [5.41, 5.74) is 3.30. The molecule has 43 heavy (non-hydrogen) atoms. The fourth-order valence-corrected chi connectivity index (χ4v) is 5.60. The highest BCUT2D eigenvalue weighted by atomic mass is 19.2. The predicted octanol–water partition coefficient (Wildman–Crippen LogP) is 5.29. The number of anilines is 1. The van der Waals surface area contributed by atoms with E-state index in [1.165, 1.54) is 6.07 Å². The van der Waals surface area contributed by atoms with Gasteiger partial charge in [-0.3, -0.25) is 10.2 Å². The van der Waals surface area contributed by atoms with E-state index in [1.54, 1.807) is 30.3 Å². The van der Waals surface area contributed by atoms with E-state index < -0.39 is 17.7 Å². The Hall–Kier alpha value is -4.42. The first-order chi connectivity index (χ1) is 20.8. The van der Waals surface area contributed by atoms with Crippen molar-refractivity contribution in [1.82, 2.24) is 30.0 Å². The molecule has 1 saturated heterocycles. The molecule has 226 valence electrons. The number of likely N-dealkylation sites (tertiary alicyclic amines) is 1. The number of likely N-dealkylation sites (N-methyl/N-ethyl adjacent to an activating group) is 1. The normalized spacial score (nSPS) is 18.5. The molecule has 1 aliphatic rings. The van der Waals surface area contributed by atoms with Gasteiger partial charge in [0.25, 0.3) is 0 Å². The molecule has 0 unspecified atom stereocenters. The van der Waals surface area contributed by atoms with Crippen molar-refractivity contribution in [2.75, 3.05) is 32.7 Å². The molecule has 1 fully saturated rings. The van der Waals surface area contributed by atoms with E-state index in [4.69, 9.17) is 14.6 Å². The number of nitrogens with zero attached hydrogens (tertiary/aromatic N) is 5. The number of rotatable bonds is 10. The fourth-order valence-electron chi connectivity index (χ4n) is 5.60. The molecule has 5 rings (SSSR count). The third-order valence-corrected chi connectivity index (χ3v) is 7.71. The van der Waals surface area contributed by atoms with Crippen molar-refractivity contribution in [2.24, 2.45) is 0 Å². The molecule has 0 radical (unpaired) electrons. The van der Waals surface area contributed by atoms with Crippen LogP contribution in [0, 0.1) is 18.6 Å². The molecule has 0 spiro atoms. The van der Waals surface area contributed by atoms with E-state index in [-0.39, 0.29) is 24.1 Å². The lowest BCUT2D eigenvalue weighted by molar-refractivity contribution is 0.150. The van der Waals surface area contributed by atoms with Gasteiger partial charge in [-0.15, -0.1) is 0 Å². The standard InChI is InChI=1S/C31H35F2N7O3/c1-5-43-31-34-17-21(18-35-31)27-19(2)29(40(38-27)22-9-7-6-8-10-22)37-30(41)36-26-16-23(13-14-42-4)39(3)28(26)20-11-12-24(32)25(33)15-20/h6-12,15,17-18,23,26,28H,5,13-14,16H2,1-4H3,(H2,36,37,41)/t23-,26-,28+/m1/s1. The van der Waals surface area contributed by atoms with Crippen molar-refractivity contribution in [3.63, 3.8) is 0 Å². The van der Waals surface area contributed by atoms with Crippen LogP contribution in [0.5, 0.6) is 6.01 Å². The van der Waals surface area contributed by atoms with Crippen molar-refractivity contribution in [3.8, 4) is 23.0 Å². The van der Waals surface area contributed by atoms with E-state index in [9.17, 15) is 13.6 Å². The molecule has 2 aromatic heterocycles. The van der Waals surface area contributed by atoms with Crippen LogP contribution in [-0.4, -0.2) is 70.1 Å². The number of amides is 2. The second-order valence-electron chi connectivity index (χ2n) is 10.4. The van der Waals surface area contributed by atoms with Crippen LogP contribution in [0.15, 0.2) is 60.9 Å². The highest BCUT2D eigenvalue weighted by Gasteiger charge is 2.40. The number of carbonyl (C=O) groups is 1. The Kier molecular flexibility index (Phi) is 9.27. The first kappa shape index (κ1) is 30.1. The molecule has 0 aliphatic carbocycles. The smallest absolute Gasteiger partial charge is 0.320 e. The van der Waals surface area contributed by atoms with E-state index in [0.717, 1.165) is 18.2 Å². The van der Waals surface area contributed by atoms with E-state index >= 15 is 0 Å². The number of nitrogens with one attached hydrogen (secondary N) is 2. The van der Waals surface area contributed by atoms with Crippen molar-refractivity contribution < 1.29 is 23.0 Å². The Labute approximate surface area is 249 Å². The van der Waals surface area contributed by atoms with Gasteiger partial charge >= 0.3 is 12.0 Å². The molecule has 1 aliphatic heterocycles. The number of para-hydroxylation sites is 1. The SMILES string of the molecule is CCOc1ncc(-c2nn(-c3ccccc3)c(NC(=O)N[C@@H]3C[C@@H](CCOC)N(C)[C@H]3c3ccc(F)c(F)c3)c2C)cn1. The van der Waals surface area contributed by atoms with Gasteiger partial charge in [-0.1, -0.05) is 24.3 Å². The lowest BCUT2D eigenvalue weighted by Gasteiger charge is -2.28. The molecular weight excluding hydrogens is 556 g/mol. The highest BCUT2D eigenvalue weighted by molar-refractivity contribution is 5.91. The molecule has 12 heteroatoms. The van der Waals surface area contributed by atoms with Crippen LogP contribution in [0.4, 0.5) is 19.4 Å². The number of urea groups is 1. The van der Waals surface area contributed by atoms with Gasteiger partial charge < -0.3 is 14.8 Å². The first-order valence-corrected chi connectivity index (χ1v) is 14.1. The van der Waals surface area contributed by atoms with E-state index in [0.29, 0.717) is 47.8 Å². The Balaban J connectivity index is 1.44. The minimum absolute atomic E-state index is 0.0613. The zero-order valence-corrected chi connectivity index (χ0v) is 24.6. The van der Waals surface area contributed by atoms with E-state index in [2.05, 4.69) is 25.5 Å². The third kappa shape index (κ3) is 6.50. The minimum Gasteiger partial charge on any atom is -0.464 e. The maximum Gasteiger partial charge on any atom is 0.320 e. The van der Waals surface area contributed by atoms with Gasteiger partial charge in [0.15, 0.2) is 11.6 Å². The maximum absolute atomic E-state index is 14.3. The number of hydrogen-bond donors (Lipinski definition) is 2. The second-order valence-corrected chi connectivity index (χ2v) is 10.4. The molecule has 2 amide bonds. The Morgan fingerprint density at radius 1 is 1.09 bits per heavy atom. The van der Waals surface area contributed by atoms with E-state index in [1.807, 2.05) is 51.2 Å². The second kappa shape index (κ2) is 13.3. The zero-order chi connectivity index (χ0) is 30.5. The Morgan fingerprint density at radius 2 is 1.84 bits per heavy atom. The molecule has 10 nitrogen and oxygen atoms in total. The quantitative estimate of drug-likeness (QED) is 0.258. The van der Waals surface area contributed by atoms with Gasteiger partial charge in [0.05, 0.1) is 24.4 Å². The number of aromatic nitrogens is 4. The number of halogens is 2. The summed E-state index contributed by atoms with van der Waals surface area (Å²) in [7, 11) is 3.56. The lowest BCUT2D eigenvalue weighted by Crippen LogP contribution is -2.41. The summed E-state index contributed by atoms with van der Waals surface area (Å²) in [5.74, 6) is -1.37. The molecule has 0 saturated carbocycles. The number of benzene rings is 2. The van der Waals surface area contributed by atoms with Crippen LogP contribution in [0.2, 0.25) is 0 Å².